The lowest BCUT2D eigenvalue weighted by Crippen LogP contribution is -2.42. The van der Waals surface area contributed by atoms with E-state index in [0.717, 1.165) is 13.0 Å². The fourth-order valence-corrected chi connectivity index (χ4v) is 2.79. The van der Waals surface area contributed by atoms with Crippen LogP contribution in [0.4, 0.5) is 13.2 Å². The van der Waals surface area contributed by atoms with Crippen LogP contribution >= 0.6 is 11.6 Å². The van der Waals surface area contributed by atoms with Crippen molar-refractivity contribution in [2.75, 3.05) is 6.61 Å². The summed E-state index contributed by atoms with van der Waals surface area (Å²) in [6.07, 6.45) is -8.75. The van der Waals surface area contributed by atoms with Crippen LogP contribution in [0, 0.1) is 24.0 Å². The normalized spacial score (nSPS) is 16.5. The minimum Gasteiger partial charge on any atom is -0.475 e. The number of carbonyl (C=O) groups excluding carboxylic acids is 2. The molecule has 0 amide bonds. The minimum absolute atomic E-state index is 0.128. The number of alkyl halides is 3. The monoisotopic (exact) mass is 453 g/mol. The average molecular weight is 454 g/mol. The maximum atomic E-state index is 13.5. The summed E-state index contributed by atoms with van der Waals surface area (Å²) in [6, 6.07) is 1.30. The SMILES string of the molecule is CC(=O)OC(CO[N+](=O)[O-])OC(=O)C1=Cc2c(cc(C)c(Cl)c2C)OC1C(F)(F)F. The van der Waals surface area contributed by atoms with E-state index in [2.05, 4.69) is 9.57 Å². The van der Waals surface area contributed by atoms with E-state index in [1.54, 1.807) is 6.92 Å². The molecule has 0 spiro atoms. The van der Waals surface area contributed by atoms with Crippen molar-refractivity contribution >= 4 is 29.6 Å². The first-order valence-electron chi connectivity index (χ1n) is 8.21. The lowest BCUT2D eigenvalue weighted by atomic mass is 9.96. The first kappa shape index (κ1) is 23.3. The molecule has 1 aromatic carbocycles. The van der Waals surface area contributed by atoms with Gasteiger partial charge < -0.3 is 19.0 Å². The van der Waals surface area contributed by atoms with Crippen LogP contribution in [0.2, 0.25) is 5.02 Å². The van der Waals surface area contributed by atoms with Crippen molar-refractivity contribution in [2.24, 2.45) is 0 Å². The van der Waals surface area contributed by atoms with Crippen molar-refractivity contribution in [3.05, 3.63) is 43.5 Å². The third-order valence-corrected chi connectivity index (χ3v) is 4.49. The molecule has 0 aromatic heterocycles. The van der Waals surface area contributed by atoms with Crippen LogP contribution in [0.5, 0.6) is 5.75 Å². The highest BCUT2D eigenvalue weighted by molar-refractivity contribution is 6.32. The highest BCUT2D eigenvalue weighted by Gasteiger charge is 2.49. The van der Waals surface area contributed by atoms with Gasteiger partial charge in [0.1, 0.15) is 5.75 Å². The van der Waals surface area contributed by atoms with Gasteiger partial charge in [0.15, 0.2) is 6.61 Å². The highest BCUT2D eigenvalue weighted by atomic mass is 35.5. The van der Waals surface area contributed by atoms with Crippen molar-refractivity contribution in [1.29, 1.82) is 0 Å². The van der Waals surface area contributed by atoms with E-state index in [1.807, 2.05) is 0 Å². The molecule has 0 aliphatic carbocycles. The van der Waals surface area contributed by atoms with Crippen LogP contribution in [-0.4, -0.2) is 42.2 Å². The van der Waals surface area contributed by atoms with Crippen molar-refractivity contribution < 1.29 is 46.9 Å². The summed E-state index contributed by atoms with van der Waals surface area (Å²) in [5, 5.41) is 9.32. The van der Waals surface area contributed by atoms with Crippen molar-refractivity contribution in [3.63, 3.8) is 0 Å². The van der Waals surface area contributed by atoms with Gasteiger partial charge in [0, 0.05) is 17.5 Å². The molecule has 1 heterocycles. The van der Waals surface area contributed by atoms with Crippen molar-refractivity contribution in [1.82, 2.24) is 0 Å². The molecule has 30 heavy (non-hydrogen) atoms. The number of esters is 2. The van der Waals surface area contributed by atoms with Crippen LogP contribution in [0.25, 0.3) is 6.08 Å². The number of halogens is 4. The molecular weight excluding hydrogens is 439 g/mol. The zero-order chi connectivity index (χ0) is 22.8. The third-order valence-electron chi connectivity index (χ3n) is 3.90. The van der Waals surface area contributed by atoms with E-state index in [1.165, 1.54) is 13.0 Å². The molecule has 0 saturated carbocycles. The number of aryl methyl sites for hydroxylation is 1. The Morgan fingerprint density at radius 2 is 1.97 bits per heavy atom. The molecule has 9 nitrogen and oxygen atoms in total. The van der Waals surface area contributed by atoms with Gasteiger partial charge in [-0.1, -0.05) is 11.6 Å². The van der Waals surface area contributed by atoms with Gasteiger partial charge in [-0.3, -0.25) is 4.79 Å². The maximum absolute atomic E-state index is 13.5. The Kier molecular flexibility index (Phi) is 6.80. The number of benzene rings is 1. The predicted octanol–water partition coefficient (Wildman–Crippen LogP) is 3.30. The lowest BCUT2D eigenvalue weighted by molar-refractivity contribution is -0.760. The fraction of sp³-hybridized carbons (Fsp3) is 0.412. The smallest absolute Gasteiger partial charge is 0.430 e. The highest BCUT2D eigenvalue weighted by Crippen LogP contribution is 2.41. The maximum Gasteiger partial charge on any atom is 0.430 e. The molecule has 1 aromatic rings. The fourth-order valence-electron chi connectivity index (χ4n) is 2.63. The molecule has 0 radical (unpaired) electrons. The standard InChI is InChI=1S/C17H15ClF3NO8/c1-7-4-12-10(8(2)14(7)18)5-11(15(29-12)17(19,20)21)16(24)30-13(28-9(3)23)6-27-22(25)26/h4-5,13,15H,6H2,1-3H3. The van der Waals surface area contributed by atoms with E-state index in [0.29, 0.717) is 11.1 Å². The molecule has 2 atom stereocenters. The Hall–Kier alpha value is -3.02. The van der Waals surface area contributed by atoms with Gasteiger partial charge in [-0.2, -0.15) is 13.2 Å². The molecule has 0 saturated heterocycles. The molecule has 2 unspecified atom stereocenters. The summed E-state index contributed by atoms with van der Waals surface area (Å²) in [6.45, 7) is 2.97. The number of ether oxygens (including phenoxy) is 3. The lowest BCUT2D eigenvalue weighted by Gasteiger charge is -2.29. The van der Waals surface area contributed by atoms with E-state index < -0.39 is 47.8 Å². The number of rotatable bonds is 6. The van der Waals surface area contributed by atoms with E-state index in [4.69, 9.17) is 21.1 Å². The van der Waals surface area contributed by atoms with E-state index in [-0.39, 0.29) is 16.3 Å². The summed E-state index contributed by atoms with van der Waals surface area (Å²) >= 11 is 6.12. The third kappa shape index (κ3) is 5.32. The first-order valence-corrected chi connectivity index (χ1v) is 8.59. The summed E-state index contributed by atoms with van der Waals surface area (Å²) in [7, 11) is 0. The van der Waals surface area contributed by atoms with Crippen LogP contribution < -0.4 is 4.74 Å². The van der Waals surface area contributed by atoms with Gasteiger partial charge in [-0.15, -0.1) is 10.1 Å². The molecule has 0 bridgehead atoms. The summed E-state index contributed by atoms with van der Waals surface area (Å²) < 4.78 is 54.8. The molecule has 0 fully saturated rings. The zero-order valence-corrected chi connectivity index (χ0v) is 16.5. The average Bonchev–Trinajstić information content (AvgIpc) is 2.62. The number of hydrogen-bond donors (Lipinski definition) is 0. The Morgan fingerprint density at radius 3 is 2.50 bits per heavy atom. The largest absolute Gasteiger partial charge is 0.475 e. The van der Waals surface area contributed by atoms with Gasteiger partial charge >= 0.3 is 18.1 Å². The Bertz CT molecular complexity index is 915. The van der Waals surface area contributed by atoms with Crippen molar-refractivity contribution in [2.45, 2.75) is 39.3 Å². The molecule has 13 heteroatoms. The topological polar surface area (TPSA) is 114 Å². The van der Waals surface area contributed by atoms with E-state index in [9.17, 15) is 32.9 Å². The molecule has 164 valence electrons. The van der Waals surface area contributed by atoms with Crippen LogP contribution in [0.3, 0.4) is 0 Å². The van der Waals surface area contributed by atoms with Gasteiger partial charge in [-0.05, 0) is 37.1 Å². The molecule has 1 aliphatic rings. The number of hydrogen-bond acceptors (Lipinski definition) is 8. The number of nitrogens with zero attached hydrogens (tertiary/aromatic N) is 1. The second-order valence-corrected chi connectivity index (χ2v) is 6.53. The van der Waals surface area contributed by atoms with Gasteiger partial charge in [-0.25, -0.2) is 4.79 Å². The number of fused-ring (bicyclic) bond motifs is 1. The molecule has 1 aliphatic heterocycles. The molecule has 2 rings (SSSR count). The summed E-state index contributed by atoms with van der Waals surface area (Å²) in [4.78, 5) is 37.8. The van der Waals surface area contributed by atoms with Gasteiger partial charge in [0.2, 0.25) is 6.10 Å². The Balaban J connectivity index is 2.43. The van der Waals surface area contributed by atoms with Gasteiger partial charge in [0.25, 0.3) is 11.4 Å². The Morgan fingerprint density at radius 1 is 1.33 bits per heavy atom. The predicted molar refractivity (Wildman–Crippen MR) is 94.0 cm³/mol. The van der Waals surface area contributed by atoms with Crippen molar-refractivity contribution in [3.8, 4) is 5.75 Å². The minimum atomic E-state index is -5.00. The van der Waals surface area contributed by atoms with Crippen LogP contribution in [0.1, 0.15) is 23.6 Å². The quantitative estimate of drug-likeness (QED) is 0.279. The summed E-state index contributed by atoms with van der Waals surface area (Å²) in [5.74, 6) is -2.72. The second-order valence-electron chi connectivity index (χ2n) is 6.15. The molecule has 0 N–H and O–H groups in total. The summed E-state index contributed by atoms with van der Waals surface area (Å²) in [5.41, 5.74) is 0.00540. The Labute approximate surface area is 172 Å². The zero-order valence-electron chi connectivity index (χ0n) is 15.7. The van der Waals surface area contributed by atoms with E-state index >= 15 is 0 Å². The van der Waals surface area contributed by atoms with Crippen LogP contribution in [-0.2, 0) is 23.9 Å². The van der Waals surface area contributed by atoms with Gasteiger partial charge in [0.05, 0.1) is 5.57 Å². The number of carbonyl (C=O) groups is 2. The molecular formula is C17H15ClF3NO8. The van der Waals surface area contributed by atoms with Crippen LogP contribution in [0.15, 0.2) is 11.6 Å². The first-order chi connectivity index (χ1) is 13.8. The second kappa shape index (κ2) is 8.78.